The lowest BCUT2D eigenvalue weighted by atomic mass is 10.0. The molecule has 0 aromatic heterocycles. The summed E-state index contributed by atoms with van der Waals surface area (Å²) >= 11 is 0. The average Bonchev–Trinajstić information content (AvgIpc) is 2.19. The van der Waals surface area contributed by atoms with Crippen LogP contribution in [0.15, 0.2) is 0 Å². The Morgan fingerprint density at radius 3 is 3.14 bits per heavy atom. The Kier molecular flexibility index (Phi) is 3.38. The van der Waals surface area contributed by atoms with Gasteiger partial charge in [-0.1, -0.05) is 0 Å². The molecule has 14 heavy (non-hydrogen) atoms. The Morgan fingerprint density at radius 1 is 1.50 bits per heavy atom. The van der Waals surface area contributed by atoms with Gasteiger partial charge in [-0.3, -0.25) is 5.32 Å². The van der Waals surface area contributed by atoms with Crippen LogP contribution in [0.5, 0.6) is 0 Å². The van der Waals surface area contributed by atoms with E-state index in [0.29, 0.717) is 12.6 Å². The van der Waals surface area contributed by atoms with Crippen LogP contribution in [0.2, 0.25) is 0 Å². The molecule has 2 saturated heterocycles. The second-order valence-electron chi connectivity index (χ2n) is 4.08. The van der Waals surface area contributed by atoms with Crippen LogP contribution in [0, 0.1) is 0 Å². The molecule has 0 radical (unpaired) electrons. The highest BCUT2D eigenvalue weighted by Gasteiger charge is 2.38. The van der Waals surface area contributed by atoms with Gasteiger partial charge in [0.25, 0.3) is 0 Å². The van der Waals surface area contributed by atoms with Crippen LogP contribution in [0.1, 0.15) is 19.3 Å². The third-order valence-electron chi connectivity index (χ3n) is 2.88. The van der Waals surface area contributed by atoms with Gasteiger partial charge in [0.2, 0.25) is 0 Å². The lowest BCUT2D eigenvalue weighted by Crippen LogP contribution is -2.61. The number of methoxy groups -OCH3 is 1. The van der Waals surface area contributed by atoms with Gasteiger partial charge in [0.15, 0.2) is 0 Å². The first-order valence-electron chi connectivity index (χ1n) is 5.33. The zero-order valence-corrected chi connectivity index (χ0v) is 8.75. The van der Waals surface area contributed by atoms with Gasteiger partial charge in [-0.2, -0.15) is 0 Å². The molecule has 4 heteroatoms. The molecule has 0 saturated carbocycles. The molecule has 2 aliphatic rings. The number of ether oxygens (including phenoxy) is 3. The molecular formula is C10H19NO3. The number of hydrogen-bond acceptors (Lipinski definition) is 4. The van der Waals surface area contributed by atoms with Crippen LogP contribution < -0.4 is 5.32 Å². The summed E-state index contributed by atoms with van der Waals surface area (Å²) in [5.41, 5.74) is -0.223. The van der Waals surface area contributed by atoms with Crippen LogP contribution >= 0.6 is 0 Å². The van der Waals surface area contributed by atoms with E-state index < -0.39 is 0 Å². The van der Waals surface area contributed by atoms with E-state index in [4.69, 9.17) is 14.2 Å². The van der Waals surface area contributed by atoms with Crippen LogP contribution in [0.3, 0.4) is 0 Å². The molecule has 2 rings (SSSR count). The van der Waals surface area contributed by atoms with Gasteiger partial charge >= 0.3 is 0 Å². The minimum Gasteiger partial charge on any atom is -0.383 e. The average molecular weight is 201 g/mol. The van der Waals surface area contributed by atoms with E-state index in [-0.39, 0.29) is 5.72 Å². The summed E-state index contributed by atoms with van der Waals surface area (Å²) in [7, 11) is 1.74. The van der Waals surface area contributed by atoms with Crippen molar-refractivity contribution in [2.24, 2.45) is 0 Å². The first-order valence-corrected chi connectivity index (χ1v) is 5.33. The molecule has 0 aliphatic carbocycles. The molecule has 0 aromatic rings. The number of hydrogen-bond donors (Lipinski definition) is 1. The Morgan fingerprint density at radius 2 is 2.43 bits per heavy atom. The molecule has 0 amide bonds. The summed E-state index contributed by atoms with van der Waals surface area (Å²) in [6.45, 7) is 3.10. The van der Waals surface area contributed by atoms with Crippen molar-refractivity contribution in [2.75, 3.05) is 33.5 Å². The predicted octanol–water partition coefficient (Wildman–Crippen LogP) is 0.518. The molecule has 2 fully saturated rings. The fourth-order valence-corrected chi connectivity index (χ4v) is 2.21. The Balaban J connectivity index is 1.91. The van der Waals surface area contributed by atoms with E-state index in [9.17, 15) is 0 Å². The first-order chi connectivity index (χ1) is 6.85. The highest BCUT2D eigenvalue weighted by molar-refractivity contribution is 4.88. The summed E-state index contributed by atoms with van der Waals surface area (Å²) in [6.07, 6.45) is 3.15. The van der Waals surface area contributed by atoms with Crippen LogP contribution in [0.25, 0.3) is 0 Å². The largest absolute Gasteiger partial charge is 0.383 e. The summed E-state index contributed by atoms with van der Waals surface area (Å²) in [6, 6.07) is 0.412. The molecule has 4 nitrogen and oxygen atoms in total. The van der Waals surface area contributed by atoms with Crippen molar-refractivity contribution in [2.45, 2.75) is 31.0 Å². The summed E-state index contributed by atoms with van der Waals surface area (Å²) in [4.78, 5) is 0. The topological polar surface area (TPSA) is 39.7 Å². The Labute approximate surface area is 84.9 Å². The fraction of sp³-hybridized carbons (Fsp3) is 1.00. The van der Waals surface area contributed by atoms with Gasteiger partial charge < -0.3 is 14.2 Å². The zero-order valence-electron chi connectivity index (χ0n) is 8.75. The minimum atomic E-state index is -0.223. The summed E-state index contributed by atoms with van der Waals surface area (Å²) < 4.78 is 16.4. The maximum Gasteiger partial charge on any atom is 0.143 e. The third kappa shape index (κ3) is 2.25. The van der Waals surface area contributed by atoms with E-state index in [1.54, 1.807) is 7.11 Å². The van der Waals surface area contributed by atoms with Crippen LogP contribution in [-0.4, -0.2) is 45.3 Å². The standard InChI is InChI=1S/C10H19NO3/c1-12-7-9-3-6-14-10(11-9)4-2-5-13-8-10/h9,11H,2-8H2,1H3. The van der Waals surface area contributed by atoms with Crippen molar-refractivity contribution < 1.29 is 14.2 Å². The van der Waals surface area contributed by atoms with Crippen molar-refractivity contribution in [1.82, 2.24) is 5.32 Å². The van der Waals surface area contributed by atoms with Crippen molar-refractivity contribution in [3.63, 3.8) is 0 Å². The molecule has 0 bridgehead atoms. The summed E-state index contributed by atoms with van der Waals surface area (Å²) in [5.74, 6) is 0. The Hall–Kier alpha value is -0.160. The van der Waals surface area contributed by atoms with Crippen molar-refractivity contribution in [3.05, 3.63) is 0 Å². The van der Waals surface area contributed by atoms with Crippen LogP contribution in [0.4, 0.5) is 0 Å². The van der Waals surface area contributed by atoms with Gasteiger partial charge in [0.05, 0.1) is 19.8 Å². The second-order valence-corrected chi connectivity index (χ2v) is 4.08. The molecule has 82 valence electrons. The molecular weight excluding hydrogens is 182 g/mol. The maximum absolute atomic E-state index is 5.79. The fourth-order valence-electron chi connectivity index (χ4n) is 2.21. The number of rotatable bonds is 2. The highest BCUT2D eigenvalue weighted by atomic mass is 16.6. The Bertz CT molecular complexity index is 173. The number of nitrogens with one attached hydrogen (secondary N) is 1. The highest BCUT2D eigenvalue weighted by Crippen LogP contribution is 2.25. The molecule has 0 aromatic carbocycles. The zero-order chi connectivity index (χ0) is 9.86. The molecule has 2 heterocycles. The molecule has 1 spiro atoms. The van der Waals surface area contributed by atoms with Crippen molar-refractivity contribution in [1.29, 1.82) is 0 Å². The lowest BCUT2D eigenvalue weighted by Gasteiger charge is -2.44. The van der Waals surface area contributed by atoms with Gasteiger partial charge in [-0.15, -0.1) is 0 Å². The predicted molar refractivity (Wildman–Crippen MR) is 52.2 cm³/mol. The van der Waals surface area contributed by atoms with Crippen molar-refractivity contribution in [3.8, 4) is 0 Å². The van der Waals surface area contributed by atoms with Gasteiger partial charge in [0.1, 0.15) is 5.72 Å². The molecule has 2 atom stereocenters. The monoisotopic (exact) mass is 201 g/mol. The van der Waals surface area contributed by atoms with Gasteiger partial charge in [-0.25, -0.2) is 0 Å². The lowest BCUT2D eigenvalue weighted by molar-refractivity contribution is -0.177. The minimum absolute atomic E-state index is 0.223. The smallest absolute Gasteiger partial charge is 0.143 e. The molecule has 2 unspecified atom stereocenters. The molecule has 2 aliphatic heterocycles. The molecule has 1 N–H and O–H groups in total. The van der Waals surface area contributed by atoms with Crippen molar-refractivity contribution >= 4 is 0 Å². The quantitative estimate of drug-likeness (QED) is 0.707. The normalized spacial score (nSPS) is 38.8. The van der Waals surface area contributed by atoms with E-state index >= 15 is 0 Å². The van der Waals surface area contributed by atoms with E-state index in [0.717, 1.165) is 39.1 Å². The van der Waals surface area contributed by atoms with E-state index in [1.807, 2.05) is 0 Å². The van der Waals surface area contributed by atoms with Gasteiger partial charge in [-0.05, 0) is 19.3 Å². The summed E-state index contributed by atoms with van der Waals surface area (Å²) in [5, 5.41) is 3.50. The van der Waals surface area contributed by atoms with E-state index in [1.165, 1.54) is 0 Å². The first kappa shape index (κ1) is 10.4. The van der Waals surface area contributed by atoms with Gasteiger partial charge in [0, 0.05) is 19.8 Å². The third-order valence-corrected chi connectivity index (χ3v) is 2.88. The second kappa shape index (κ2) is 4.57. The van der Waals surface area contributed by atoms with E-state index in [2.05, 4.69) is 5.32 Å². The van der Waals surface area contributed by atoms with Crippen LogP contribution in [-0.2, 0) is 14.2 Å². The maximum atomic E-state index is 5.79. The SMILES string of the molecule is COCC1CCOC2(CCCOC2)N1.